The smallest absolute Gasteiger partial charge is 0.232 e. The standard InChI is InChI=1S/C17H29N3O/c1-12-6-8-13(9-7-12)15-19-16(21-20-15)17(2,3)14-5-4-10-18-11-14/h12-14,18H,4-11H2,1-3H3. The third-order valence-corrected chi connectivity index (χ3v) is 5.69. The lowest BCUT2D eigenvalue weighted by molar-refractivity contribution is 0.196. The molecule has 3 rings (SSSR count). The van der Waals surface area contributed by atoms with Crippen LogP contribution in [0.1, 0.15) is 76.9 Å². The number of piperidine rings is 1. The summed E-state index contributed by atoms with van der Waals surface area (Å²) in [4.78, 5) is 4.80. The second kappa shape index (κ2) is 6.07. The van der Waals surface area contributed by atoms with Crippen LogP contribution in [0.5, 0.6) is 0 Å². The van der Waals surface area contributed by atoms with Gasteiger partial charge >= 0.3 is 0 Å². The van der Waals surface area contributed by atoms with E-state index in [1.807, 2.05) is 0 Å². The summed E-state index contributed by atoms with van der Waals surface area (Å²) in [5, 5.41) is 7.82. The van der Waals surface area contributed by atoms with E-state index in [1.165, 1.54) is 38.5 Å². The molecular weight excluding hydrogens is 262 g/mol. The van der Waals surface area contributed by atoms with E-state index in [2.05, 4.69) is 31.2 Å². The van der Waals surface area contributed by atoms with Crippen molar-refractivity contribution in [2.45, 2.75) is 70.6 Å². The SMILES string of the molecule is CC1CCC(c2noc(C(C)(C)C3CCCNC3)n2)CC1. The number of aromatic nitrogens is 2. The molecule has 1 saturated heterocycles. The van der Waals surface area contributed by atoms with Gasteiger partial charge in [0.15, 0.2) is 5.82 Å². The van der Waals surface area contributed by atoms with Gasteiger partial charge in [-0.3, -0.25) is 0 Å². The maximum atomic E-state index is 5.67. The third kappa shape index (κ3) is 3.15. The molecule has 118 valence electrons. The zero-order valence-electron chi connectivity index (χ0n) is 13.7. The van der Waals surface area contributed by atoms with E-state index in [9.17, 15) is 0 Å². The van der Waals surface area contributed by atoms with Gasteiger partial charge in [0.25, 0.3) is 0 Å². The van der Waals surface area contributed by atoms with Crippen molar-refractivity contribution in [2.75, 3.05) is 13.1 Å². The van der Waals surface area contributed by atoms with Gasteiger partial charge < -0.3 is 9.84 Å². The third-order valence-electron chi connectivity index (χ3n) is 5.69. The summed E-state index contributed by atoms with van der Waals surface area (Å²) >= 11 is 0. The molecule has 1 aliphatic heterocycles. The zero-order valence-corrected chi connectivity index (χ0v) is 13.7. The van der Waals surface area contributed by atoms with Gasteiger partial charge in [-0.25, -0.2) is 0 Å². The van der Waals surface area contributed by atoms with E-state index in [-0.39, 0.29) is 5.41 Å². The quantitative estimate of drug-likeness (QED) is 0.923. The number of hydrogen-bond acceptors (Lipinski definition) is 4. The number of nitrogens with one attached hydrogen (secondary N) is 1. The Morgan fingerprint density at radius 3 is 2.57 bits per heavy atom. The Morgan fingerprint density at radius 1 is 1.14 bits per heavy atom. The molecule has 1 aliphatic carbocycles. The van der Waals surface area contributed by atoms with E-state index in [1.54, 1.807) is 0 Å². The first kappa shape index (κ1) is 15.0. The second-order valence-electron chi connectivity index (χ2n) is 7.68. The normalized spacial score (nSPS) is 31.3. The van der Waals surface area contributed by atoms with Crippen LogP contribution in [0.2, 0.25) is 0 Å². The maximum Gasteiger partial charge on any atom is 0.232 e. The summed E-state index contributed by atoms with van der Waals surface area (Å²) < 4.78 is 5.67. The number of nitrogens with zero attached hydrogens (tertiary/aromatic N) is 2. The van der Waals surface area contributed by atoms with Crippen LogP contribution in [-0.2, 0) is 5.41 Å². The van der Waals surface area contributed by atoms with E-state index in [0.717, 1.165) is 30.7 Å². The highest BCUT2D eigenvalue weighted by Crippen LogP contribution is 2.38. The van der Waals surface area contributed by atoms with Crippen LogP contribution in [0.3, 0.4) is 0 Å². The first-order chi connectivity index (χ1) is 10.1. The Kier molecular flexibility index (Phi) is 4.34. The van der Waals surface area contributed by atoms with E-state index in [0.29, 0.717) is 11.8 Å². The summed E-state index contributed by atoms with van der Waals surface area (Å²) in [6.07, 6.45) is 7.51. The van der Waals surface area contributed by atoms with Gasteiger partial charge in [-0.2, -0.15) is 4.98 Å². The fourth-order valence-corrected chi connectivity index (χ4v) is 3.82. The highest BCUT2D eigenvalue weighted by atomic mass is 16.5. The number of rotatable bonds is 3. The van der Waals surface area contributed by atoms with Crippen LogP contribution in [0.15, 0.2) is 4.52 Å². The topological polar surface area (TPSA) is 51.0 Å². The highest BCUT2D eigenvalue weighted by molar-refractivity contribution is 5.07. The summed E-state index contributed by atoms with van der Waals surface area (Å²) in [5.74, 6) is 3.75. The van der Waals surface area contributed by atoms with Crippen molar-refractivity contribution in [3.63, 3.8) is 0 Å². The molecule has 0 aromatic carbocycles. The average molecular weight is 291 g/mol. The van der Waals surface area contributed by atoms with Crippen molar-refractivity contribution in [1.82, 2.24) is 15.5 Å². The molecule has 1 aromatic heterocycles. The highest BCUT2D eigenvalue weighted by Gasteiger charge is 2.38. The predicted octanol–water partition coefficient (Wildman–Crippen LogP) is 3.64. The molecule has 1 atom stereocenters. The molecule has 4 heteroatoms. The molecule has 4 nitrogen and oxygen atoms in total. The maximum absolute atomic E-state index is 5.67. The average Bonchev–Trinajstić information content (AvgIpc) is 2.99. The lowest BCUT2D eigenvalue weighted by atomic mass is 9.75. The molecule has 1 unspecified atom stereocenters. The number of hydrogen-bond donors (Lipinski definition) is 1. The summed E-state index contributed by atoms with van der Waals surface area (Å²) in [6, 6.07) is 0. The van der Waals surface area contributed by atoms with Crippen LogP contribution in [-0.4, -0.2) is 23.2 Å². The van der Waals surface area contributed by atoms with Crippen molar-refractivity contribution in [3.8, 4) is 0 Å². The van der Waals surface area contributed by atoms with Crippen LogP contribution in [0, 0.1) is 11.8 Å². The van der Waals surface area contributed by atoms with Gasteiger partial charge in [-0.15, -0.1) is 0 Å². The van der Waals surface area contributed by atoms with Gasteiger partial charge in [0.05, 0.1) is 0 Å². The van der Waals surface area contributed by atoms with E-state index >= 15 is 0 Å². The molecule has 1 aromatic rings. The summed E-state index contributed by atoms with van der Waals surface area (Å²) in [7, 11) is 0. The monoisotopic (exact) mass is 291 g/mol. The molecule has 2 fully saturated rings. The van der Waals surface area contributed by atoms with Crippen molar-refractivity contribution in [1.29, 1.82) is 0 Å². The van der Waals surface area contributed by atoms with Crippen LogP contribution in [0.25, 0.3) is 0 Å². The molecule has 0 spiro atoms. The van der Waals surface area contributed by atoms with E-state index < -0.39 is 0 Å². The van der Waals surface area contributed by atoms with Gasteiger partial charge in [-0.1, -0.05) is 38.8 Å². The molecule has 0 radical (unpaired) electrons. The van der Waals surface area contributed by atoms with Crippen molar-refractivity contribution < 1.29 is 4.52 Å². The van der Waals surface area contributed by atoms with Crippen LogP contribution in [0.4, 0.5) is 0 Å². The fourth-order valence-electron chi connectivity index (χ4n) is 3.82. The predicted molar refractivity (Wildman–Crippen MR) is 83.3 cm³/mol. The summed E-state index contributed by atoms with van der Waals surface area (Å²) in [5.41, 5.74) is -0.0272. The van der Waals surface area contributed by atoms with Gasteiger partial charge in [0.1, 0.15) is 0 Å². The molecule has 1 N–H and O–H groups in total. The molecule has 2 aliphatic rings. The minimum atomic E-state index is -0.0272. The molecule has 21 heavy (non-hydrogen) atoms. The lowest BCUT2D eigenvalue weighted by Crippen LogP contribution is -2.41. The zero-order chi connectivity index (χ0) is 14.9. The molecular formula is C17H29N3O. The fraction of sp³-hybridized carbons (Fsp3) is 0.882. The Labute approximate surface area is 128 Å². The van der Waals surface area contributed by atoms with Crippen molar-refractivity contribution in [3.05, 3.63) is 11.7 Å². The van der Waals surface area contributed by atoms with Crippen LogP contribution >= 0.6 is 0 Å². The Balaban J connectivity index is 1.71. The molecule has 1 saturated carbocycles. The van der Waals surface area contributed by atoms with E-state index in [4.69, 9.17) is 9.51 Å². The van der Waals surface area contributed by atoms with Crippen molar-refractivity contribution in [2.24, 2.45) is 11.8 Å². The second-order valence-corrected chi connectivity index (χ2v) is 7.68. The van der Waals surface area contributed by atoms with Gasteiger partial charge in [0.2, 0.25) is 5.89 Å². The molecule has 0 bridgehead atoms. The summed E-state index contributed by atoms with van der Waals surface area (Å²) in [6.45, 7) is 9.06. The molecule has 0 amide bonds. The Hall–Kier alpha value is -0.900. The minimum Gasteiger partial charge on any atom is -0.339 e. The largest absolute Gasteiger partial charge is 0.339 e. The first-order valence-corrected chi connectivity index (χ1v) is 8.62. The Bertz CT molecular complexity index is 454. The molecule has 2 heterocycles. The Morgan fingerprint density at radius 2 is 1.90 bits per heavy atom. The minimum absolute atomic E-state index is 0.0272. The van der Waals surface area contributed by atoms with Crippen molar-refractivity contribution >= 4 is 0 Å². The van der Waals surface area contributed by atoms with Crippen LogP contribution < -0.4 is 5.32 Å². The first-order valence-electron chi connectivity index (χ1n) is 8.62. The van der Waals surface area contributed by atoms with Gasteiger partial charge in [-0.05, 0) is 50.6 Å². The lowest BCUT2D eigenvalue weighted by Gasteiger charge is -2.34. The van der Waals surface area contributed by atoms with Gasteiger partial charge in [0, 0.05) is 11.3 Å².